The quantitative estimate of drug-likeness (QED) is 0.797. The van der Waals surface area contributed by atoms with Gasteiger partial charge in [0.05, 0.1) is 13.2 Å². The van der Waals surface area contributed by atoms with Crippen molar-refractivity contribution in [2.45, 2.75) is 45.1 Å². The molecule has 0 bridgehead atoms. The summed E-state index contributed by atoms with van der Waals surface area (Å²) in [7, 11) is 1.38. The van der Waals surface area contributed by atoms with Crippen molar-refractivity contribution in [1.29, 1.82) is 0 Å². The number of piperidine rings is 1. The maximum Gasteiger partial charge on any atom is 0.373 e. The minimum Gasteiger partial charge on any atom is -0.463 e. The normalized spacial score (nSPS) is 27.9. The topological polar surface area (TPSA) is 42.7 Å². The number of hydrogen-bond acceptors (Lipinski definition) is 4. The standard InChI is InChI=1S/C17H25NO3/c1-12(15-7-8-16(21-15)17(19)20-2)18-10-9-13-5-3-4-6-14(13)11-18/h7-8,12-14H,3-6,9-11H2,1-2H3. The molecular formula is C17H25NO3. The van der Waals surface area contributed by atoms with E-state index < -0.39 is 5.97 Å². The fourth-order valence-electron chi connectivity index (χ4n) is 3.95. The van der Waals surface area contributed by atoms with Gasteiger partial charge in [-0.05, 0) is 50.3 Å². The van der Waals surface area contributed by atoms with E-state index in [4.69, 9.17) is 9.15 Å². The minimum absolute atomic E-state index is 0.228. The summed E-state index contributed by atoms with van der Waals surface area (Å²) in [6, 6.07) is 3.85. The van der Waals surface area contributed by atoms with Crippen LogP contribution in [0.3, 0.4) is 0 Å². The summed E-state index contributed by atoms with van der Waals surface area (Å²) in [6.45, 7) is 4.47. The van der Waals surface area contributed by atoms with E-state index in [0.29, 0.717) is 5.76 Å². The number of furan rings is 1. The van der Waals surface area contributed by atoms with Crippen LogP contribution in [0.5, 0.6) is 0 Å². The van der Waals surface area contributed by atoms with Crippen molar-refractivity contribution in [2.24, 2.45) is 11.8 Å². The van der Waals surface area contributed by atoms with E-state index in [0.717, 1.165) is 24.1 Å². The molecule has 0 radical (unpaired) electrons. The van der Waals surface area contributed by atoms with E-state index in [1.54, 1.807) is 6.07 Å². The number of fused-ring (bicyclic) bond motifs is 1. The van der Waals surface area contributed by atoms with Gasteiger partial charge in [-0.15, -0.1) is 0 Å². The van der Waals surface area contributed by atoms with Crippen molar-refractivity contribution < 1.29 is 13.9 Å². The molecule has 0 spiro atoms. The smallest absolute Gasteiger partial charge is 0.373 e. The predicted molar refractivity (Wildman–Crippen MR) is 80.1 cm³/mol. The van der Waals surface area contributed by atoms with Gasteiger partial charge in [0.25, 0.3) is 0 Å². The molecule has 21 heavy (non-hydrogen) atoms. The lowest BCUT2D eigenvalue weighted by molar-refractivity contribution is 0.0499. The first-order chi connectivity index (χ1) is 10.2. The molecule has 0 amide bonds. The Labute approximate surface area is 126 Å². The highest BCUT2D eigenvalue weighted by Crippen LogP contribution is 2.38. The molecule has 4 heteroatoms. The fourth-order valence-corrected chi connectivity index (χ4v) is 3.95. The van der Waals surface area contributed by atoms with Gasteiger partial charge in [-0.1, -0.05) is 19.3 Å². The molecule has 1 aliphatic heterocycles. The lowest BCUT2D eigenvalue weighted by Gasteiger charge is -2.43. The van der Waals surface area contributed by atoms with Crippen LogP contribution in [0.2, 0.25) is 0 Å². The molecule has 0 N–H and O–H groups in total. The molecule has 2 aliphatic rings. The van der Waals surface area contributed by atoms with Crippen molar-refractivity contribution >= 4 is 5.97 Å². The Morgan fingerprint density at radius 1 is 1.29 bits per heavy atom. The maximum atomic E-state index is 11.5. The molecule has 3 atom stereocenters. The van der Waals surface area contributed by atoms with Gasteiger partial charge in [-0.3, -0.25) is 4.90 Å². The fraction of sp³-hybridized carbons (Fsp3) is 0.706. The van der Waals surface area contributed by atoms with Crippen molar-refractivity contribution in [3.63, 3.8) is 0 Å². The van der Waals surface area contributed by atoms with Gasteiger partial charge in [-0.25, -0.2) is 4.79 Å². The molecule has 1 saturated heterocycles. The summed E-state index contributed by atoms with van der Waals surface area (Å²) in [5.74, 6) is 2.55. The second-order valence-electron chi connectivity index (χ2n) is 6.46. The Bertz CT molecular complexity index is 496. The molecule has 0 aromatic carbocycles. The van der Waals surface area contributed by atoms with Gasteiger partial charge in [0.15, 0.2) is 0 Å². The zero-order valence-electron chi connectivity index (χ0n) is 13.0. The third-order valence-corrected chi connectivity index (χ3v) is 5.30. The average Bonchev–Trinajstić information content (AvgIpc) is 3.03. The maximum absolute atomic E-state index is 11.5. The van der Waals surface area contributed by atoms with E-state index >= 15 is 0 Å². The molecule has 116 valence electrons. The number of esters is 1. The number of carbonyl (C=O) groups excluding carboxylic acids is 1. The van der Waals surface area contributed by atoms with Crippen LogP contribution in [0.25, 0.3) is 0 Å². The summed E-state index contributed by atoms with van der Waals surface area (Å²) in [4.78, 5) is 14.0. The highest BCUT2D eigenvalue weighted by Gasteiger charge is 2.33. The number of nitrogens with zero attached hydrogens (tertiary/aromatic N) is 1. The number of rotatable bonds is 3. The van der Waals surface area contributed by atoms with Crippen molar-refractivity contribution in [3.05, 3.63) is 23.7 Å². The SMILES string of the molecule is COC(=O)c1ccc(C(C)N2CCC3CCCCC3C2)o1. The van der Waals surface area contributed by atoms with Crippen molar-refractivity contribution in [3.8, 4) is 0 Å². The second-order valence-corrected chi connectivity index (χ2v) is 6.46. The van der Waals surface area contributed by atoms with Gasteiger partial charge in [0.1, 0.15) is 5.76 Å². The molecule has 4 nitrogen and oxygen atoms in total. The zero-order valence-corrected chi connectivity index (χ0v) is 13.0. The van der Waals surface area contributed by atoms with E-state index in [-0.39, 0.29) is 6.04 Å². The summed E-state index contributed by atoms with van der Waals surface area (Å²) < 4.78 is 10.4. The van der Waals surface area contributed by atoms with Crippen LogP contribution in [0, 0.1) is 11.8 Å². The van der Waals surface area contributed by atoms with Crippen LogP contribution in [-0.2, 0) is 4.74 Å². The molecule has 2 fully saturated rings. The van der Waals surface area contributed by atoms with Crippen LogP contribution in [0.4, 0.5) is 0 Å². The lowest BCUT2D eigenvalue weighted by atomic mass is 9.75. The lowest BCUT2D eigenvalue weighted by Crippen LogP contribution is -2.42. The predicted octanol–water partition coefficient (Wildman–Crippen LogP) is 3.64. The van der Waals surface area contributed by atoms with Crippen molar-refractivity contribution in [2.75, 3.05) is 20.2 Å². The first-order valence-electron chi connectivity index (χ1n) is 8.11. The van der Waals surface area contributed by atoms with Gasteiger partial charge in [0, 0.05) is 6.54 Å². The molecule has 3 rings (SSSR count). The summed E-state index contributed by atoms with van der Waals surface area (Å²) >= 11 is 0. The summed E-state index contributed by atoms with van der Waals surface area (Å²) in [6.07, 6.45) is 6.90. The molecule has 1 aliphatic carbocycles. The summed E-state index contributed by atoms with van der Waals surface area (Å²) in [5.41, 5.74) is 0. The number of likely N-dealkylation sites (tertiary alicyclic amines) is 1. The van der Waals surface area contributed by atoms with Crippen LogP contribution in [0.1, 0.15) is 61.4 Å². The average molecular weight is 291 g/mol. The number of carbonyl (C=O) groups is 1. The first kappa shape index (κ1) is 14.6. The number of hydrogen-bond donors (Lipinski definition) is 0. The Kier molecular flexibility index (Phi) is 4.34. The second kappa shape index (κ2) is 6.22. The third kappa shape index (κ3) is 3.00. The Morgan fingerprint density at radius 3 is 2.81 bits per heavy atom. The van der Waals surface area contributed by atoms with Crippen LogP contribution in [0.15, 0.2) is 16.5 Å². The van der Waals surface area contributed by atoms with E-state index in [9.17, 15) is 4.79 Å². The monoisotopic (exact) mass is 291 g/mol. The third-order valence-electron chi connectivity index (χ3n) is 5.30. The van der Waals surface area contributed by atoms with E-state index in [2.05, 4.69) is 11.8 Å². The van der Waals surface area contributed by atoms with Crippen LogP contribution >= 0.6 is 0 Å². The molecule has 1 saturated carbocycles. The summed E-state index contributed by atoms with van der Waals surface area (Å²) in [5, 5.41) is 0. The molecule has 1 aromatic heterocycles. The molecule has 1 aromatic rings. The minimum atomic E-state index is -0.403. The zero-order chi connectivity index (χ0) is 14.8. The van der Waals surface area contributed by atoms with Crippen molar-refractivity contribution in [1.82, 2.24) is 4.90 Å². The van der Waals surface area contributed by atoms with E-state index in [1.807, 2.05) is 6.07 Å². The Morgan fingerprint density at radius 2 is 2.05 bits per heavy atom. The first-order valence-corrected chi connectivity index (χ1v) is 8.11. The van der Waals surface area contributed by atoms with Gasteiger partial charge in [0.2, 0.25) is 5.76 Å². The molecule has 3 unspecified atom stereocenters. The highest BCUT2D eigenvalue weighted by atomic mass is 16.5. The van der Waals surface area contributed by atoms with Gasteiger partial charge < -0.3 is 9.15 Å². The molecular weight excluding hydrogens is 266 g/mol. The van der Waals surface area contributed by atoms with Crippen LogP contribution in [-0.4, -0.2) is 31.1 Å². The number of methoxy groups -OCH3 is 1. The van der Waals surface area contributed by atoms with E-state index in [1.165, 1.54) is 45.8 Å². The number of ether oxygens (including phenoxy) is 1. The van der Waals surface area contributed by atoms with Gasteiger partial charge >= 0.3 is 5.97 Å². The Balaban J connectivity index is 1.66. The largest absolute Gasteiger partial charge is 0.463 e. The highest BCUT2D eigenvalue weighted by molar-refractivity contribution is 5.86. The molecule has 2 heterocycles. The Hall–Kier alpha value is -1.29. The van der Waals surface area contributed by atoms with Gasteiger partial charge in [-0.2, -0.15) is 0 Å². The van der Waals surface area contributed by atoms with Crippen LogP contribution < -0.4 is 0 Å².